The molecule has 0 atom stereocenters. The van der Waals surface area contributed by atoms with Crippen molar-refractivity contribution in [3.63, 3.8) is 0 Å². The van der Waals surface area contributed by atoms with Crippen LogP contribution in [0.25, 0.3) is 6.08 Å². The molecule has 0 bridgehead atoms. The van der Waals surface area contributed by atoms with Gasteiger partial charge in [-0.15, -0.1) is 0 Å². The van der Waals surface area contributed by atoms with Gasteiger partial charge in [-0.2, -0.15) is 0 Å². The molecule has 0 radical (unpaired) electrons. The van der Waals surface area contributed by atoms with E-state index in [0.29, 0.717) is 39.4 Å². The fourth-order valence-corrected chi connectivity index (χ4v) is 4.34. The normalized spacial score (nSPS) is 14.4. The molecule has 1 heterocycles. The van der Waals surface area contributed by atoms with Crippen molar-refractivity contribution in [2.75, 3.05) is 11.5 Å². The van der Waals surface area contributed by atoms with Crippen LogP contribution in [0.5, 0.6) is 11.5 Å². The van der Waals surface area contributed by atoms with Gasteiger partial charge in [0.1, 0.15) is 12.2 Å². The summed E-state index contributed by atoms with van der Waals surface area (Å²) in [4.78, 5) is 50.4. The number of halogens is 2. The summed E-state index contributed by atoms with van der Waals surface area (Å²) in [7, 11) is 0. The Morgan fingerprint density at radius 1 is 1.00 bits per heavy atom. The molecule has 0 aromatic heterocycles. The van der Waals surface area contributed by atoms with E-state index in [1.165, 1.54) is 18.2 Å². The molecule has 3 aromatic rings. The molecule has 4 rings (SSSR count). The molecule has 1 aliphatic heterocycles. The van der Waals surface area contributed by atoms with Gasteiger partial charge in [0.15, 0.2) is 11.5 Å². The van der Waals surface area contributed by atoms with Crippen molar-refractivity contribution >= 4 is 67.4 Å². The highest BCUT2D eigenvalue weighted by Gasteiger charge is 2.37. The molecule has 38 heavy (non-hydrogen) atoms. The highest BCUT2D eigenvalue weighted by Crippen LogP contribution is 2.36. The minimum Gasteiger partial charge on any atom is -0.490 e. The molecule has 1 aliphatic rings. The van der Waals surface area contributed by atoms with E-state index in [2.05, 4.69) is 37.2 Å². The molecule has 0 spiro atoms. The zero-order chi connectivity index (χ0) is 27.4. The van der Waals surface area contributed by atoms with E-state index < -0.39 is 23.8 Å². The van der Waals surface area contributed by atoms with E-state index in [1.54, 1.807) is 55.5 Å². The predicted octanol–water partition coefficient (Wildman–Crippen LogP) is 5.55. The first-order chi connectivity index (χ1) is 18.2. The predicted molar refractivity (Wildman–Crippen MR) is 146 cm³/mol. The van der Waals surface area contributed by atoms with Crippen LogP contribution in [0.3, 0.4) is 0 Å². The van der Waals surface area contributed by atoms with Crippen LogP contribution in [0.4, 0.5) is 10.5 Å². The fraction of sp³-hybridized carbons (Fsp3) is 0.111. The molecule has 2 N–H and O–H groups in total. The van der Waals surface area contributed by atoms with Crippen LogP contribution in [-0.4, -0.2) is 35.5 Å². The summed E-state index contributed by atoms with van der Waals surface area (Å²) in [6.07, 6.45) is 1.36. The summed E-state index contributed by atoms with van der Waals surface area (Å²) in [6, 6.07) is 15.3. The number of benzene rings is 3. The molecule has 0 unspecified atom stereocenters. The van der Waals surface area contributed by atoms with Crippen molar-refractivity contribution in [1.29, 1.82) is 0 Å². The molecular formula is C27H20Br2N2O7. The Morgan fingerprint density at radius 3 is 2.39 bits per heavy atom. The summed E-state index contributed by atoms with van der Waals surface area (Å²) < 4.78 is 12.9. The first-order valence-electron chi connectivity index (χ1n) is 11.3. The Balaban J connectivity index is 1.64. The van der Waals surface area contributed by atoms with Gasteiger partial charge >= 0.3 is 12.0 Å². The summed E-state index contributed by atoms with van der Waals surface area (Å²) in [5.74, 6) is -1.92. The Labute approximate surface area is 234 Å². The third-order valence-electron chi connectivity index (χ3n) is 5.42. The Bertz CT molecular complexity index is 1470. The number of nitrogens with zero attached hydrogens (tertiary/aromatic N) is 1. The summed E-state index contributed by atoms with van der Waals surface area (Å²) >= 11 is 6.76. The van der Waals surface area contributed by atoms with Crippen LogP contribution in [0, 0.1) is 0 Å². The van der Waals surface area contributed by atoms with Crippen molar-refractivity contribution in [2.24, 2.45) is 0 Å². The number of hydrogen-bond acceptors (Lipinski definition) is 6. The number of rotatable bonds is 8. The molecular weight excluding hydrogens is 624 g/mol. The number of carboxylic acid groups (broad SMARTS) is 1. The van der Waals surface area contributed by atoms with E-state index in [4.69, 9.17) is 9.47 Å². The third kappa shape index (κ3) is 5.95. The molecule has 9 nitrogen and oxygen atoms in total. The molecule has 11 heteroatoms. The lowest BCUT2D eigenvalue weighted by Crippen LogP contribution is -2.54. The second-order valence-electron chi connectivity index (χ2n) is 7.98. The van der Waals surface area contributed by atoms with E-state index in [0.717, 1.165) is 9.37 Å². The second kappa shape index (κ2) is 11.6. The van der Waals surface area contributed by atoms with Crippen molar-refractivity contribution in [1.82, 2.24) is 5.32 Å². The van der Waals surface area contributed by atoms with Gasteiger partial charge in [0, 0.05) is 8.95 Å². The number of ether oxygens (including phenoxy) is 2. The minimum atomic E-state index is -1.04. The van der Waals surface area contributed by atoms with Crippen LogP contribution < -0.4 is 19.7 Å². The highest BCUT2D eigenvalue weighted by molar-refractivity contribution is 9.10. The van der Waals surface area contributed by atoms with Crippen molar-refractivity contribution < 1.29 is 33.8 Å². The quantitative estimate of drug-likeness (QED) is 0.244. The number of aromatic carboxylic acids is 1. The zero-order valence-electron chi connectivity index (χ0n) is 19.9. The van der Waals surface area contributed by atoms with Gasteiger partial charge in [0.25, 0.3) is 11.8 Å². The number of carbonyl (C=O) groups is 4. The third-order valence-corrected chi connectivity index (χ3v) is 6.63. The number of anilines is 1. The maximum atomic E-state index is 13.2. The van der Waals surface area contributed by atoms with E-state index in [1.807, 2.05) is 0 Å². The fourth-order valence-electron chi connectivity index (χ4n) is 3.64. The lowest BCUT2D eigenvalue weighted by atomic mass is 10.1. The summed E-state index contributed by atoms with van der Waals surface area (Å²) in [6.45, 7) is 2.19. The Kier molecular flexibility index (Phi) is 8.28. The summed E-state index contributed by atoms with van der Waals surface area (Å²) in [5.41, 5.74) is 1.30. The highest BCUT2D eigenvalue weighted by atomic mass is 79.9. The molecule has 0 aliphatic carbocycles. The lowest BCUT2D eigenvalue weighted by Gasteiger charge is -2.26. The van der Waals surface area contributed by atoms with E-state index in [9.17, 15) is 24.3 Å². The molecule has 3 aromatic carbocycles. The van der Waals surface area contributed by atoms with Crippen molar-refractivity contribution in [3.8, 4) is 11.5 Å². The number of imide groups is 2. The smallest absolute Gasteiger partial charge is 0.335 e. The minimum absolute atomic E-state index is 0.0826. The second-order valence-corrected chi connectivity index (χ2v) is 9.75. The van der Waals surface area contributed by atoms with Crippen LogP contribution >= 0.6 is 31.9 Å². The molecule has 1 saturated heterocycles. The van der Waals surface area contributed by atoms with Crippen LogP contribution in [0.15, 0.2) is 75.2 Å². The average Bonchev–Trinajstić information content (AvgIpc) is 2.88. The topological polar surface area (TPSA) is 122 Å². The van der Waals surface area contributed by atoms with Crippen LogP contribution in [0.1, 0.15) is 28.4 Å². The van der Waals surface area contributed by atoms with Crippen LogP contribution in [-0.2, 0) is 16.2 Å². The van der Waals surface area contributed by atoms with Gasteiger partial charge < -0.3 is 14.6 Å². The number of carboxylic acids is 1. The SMILES string of the molecule is CCOc1cc(/C=C2\C(=O)NC(=O)N(c3ccc(Br)cc3)C2=O)c(Br)cc1OCc1cccc(C(=O)O)c1. The van der Waals surface area contributed by atoms with Gasteiger partial charge in [0.05, 0.1) is 17.9 Å². The van der Waals surface area contributed by atoms with Gasteiger partial charge in [-0.1, -0.05) is 44.0 Å². The maximum absolute atomic E-state index is 13.2. The molecule has 194 valence electrons. The monoisotopic (exact) mass is 642 g/mol. The number of nitrogens with one attached hydrogen (secondary N) is 1. The number of urea groups is 1. The lowest BCUT2D eigenvalue weighted by molar-refractivity contribution is -0.122. The Hall–Kier alpha value is -3.96. The molecule has 1 fully saturated rings. The van der Waals surface area contributed by atoms with E-state index >= 15 is 0 Å². The van der Waals surface area contributed by atoms with Gasteiger partial charge in [0.2, 0.25) is 0 Å². The number of amides is 4. The van der Waals surface area contributed by atoms with Crippen LogP contribution in [0.2, 0.25) is 0 Å². The van der Waals surface area contributed by atoms with Crippen molar-refractivity contribution in [3.05, 3.63) is 91.9 Å². The first-order valence-corrected chi connectivity index (χ1v) is 12.8. The largest absolute Gasteiger partial charge is 0.490 e. The van der Waals surface area contributed by atoms with Gasteiger partial charge in [-0.3, -0.25) is 14.9 Å². The van der Waals surface area contributed by atoms with Gasteiger partial charge in [-0.25, -0.2) is 14.5 Å². The van der Waals surface area contributed by atoms with E-state index in [-0.39, 0.29) is 17.7 Å². The standard InChI is InChI=1S/C27H20Br2N2O7/c1-2-37-22-12-17(21(29)13-23(22)38-14-15-4-3-5-16(10-15)26(34)35)11-20-24(32)30-27(36)31(25(20)33)19-8-6-18(28)7-9-19/h3-13H,2,14H2,1H3,(H,34,35)(H,30,32,36)/b20-11+. The van der Waals surface area contributed by atoms with Crippen molar-refractivity contribution in [2.45, 2.75) is 13.5 Å². The first kappa shape index (κ1) is 27.1. The zero-order valence-corrected chi connectivity index (χ0v) is 23.0. The molecule has 4 amide bonds. The average molecular weight is 644 g/mol. The van der Waals surface area contributed by atoms with Gasteiger partial charge in [-0.05, 0) is 72.7 Å². The Morgan fingerprint density at radius 2 is 1.71 bits per heavy atom. The maximum Gasteiger partial charge on any atom is 0.335 e. The number of carbonyl (C=O) groups excluding carboxylic acids is 3. The molecule has 0 saturated carbocycles. The number of hydrogen-bond donors (Lipinski definition) is 2. The number of barbiturate groups is 1. The summed E-state index contributed by atoms with van der Waals surface area (Å²) in [5, 5.41) is 11.4.